The van der Waals surface area contributed by atoms with E-state index in [1.54, 1.807) is 18.3 Å². The van der Waals surface area contributed by atoms with Crippen LogP contribution >= 0.6 is 21.6 Å². The summed E-state index contributed by atoms with van der Waals surface area (Å²) in [6, 6.07) is 3.49. The molecule has 4 rings (SSSR count). The maximum atomic E-state index is 13.0. The van der Waals surface area contributed by atoms with Crippen LogP contribution in [0.3, 0.4) is 0 Å². The molecule has 0 radical (unpaired) electrons. The fourth-order valence-corrected chi connectivity index (χ4v) is 8.43. The van der Waals surface area contributed by atoms with E-state index in [1.165, 1.54) is 29.1 Å². The molecule has 10 heteroatoms. The molecule has 0 bridgehead atoms. The number of sulfonamides is 1. The molecule has 2 fully saturated rings. The molecule has 2 aromatic heterocycles. The van der Waals surface area contributed by atoms with Crippen molar-refractivity contribution in [2.45, 2.75) is 42.2 Å². The van der Waals surface area contributed by atoms with Crippen molar-refractivity contribution in [3.05, 3.63) is 24.5 Å². The van der Waals surface area contributed by atoms with Crippen LogP contribution in [0.15, 0.2) is 29.4 Å². The Bertz CT molecular complexity index is 949. The van der Waals surface area contributed by atoms with E-state index < -0.39 is 10.0 Å². The number of rotatable bonds is 7. The predicted molar refractivity (Wildman–Crippen MR) is 118 cm³/mol. The lowest BCUT2D eigenvalue weighted by molar-refractivity contribution is -0.132. The van der Waals surface area contributed by atoms with Crippen molar-refractivity contribution in [3.8, 4) is 0 Å². The van der Waals surface area contributed by atoms with Crippen LogP contribution in [0.5, 0.6) is 0 Å². The van der Waals surface area contributed by atoms with Crippen LogP contribution in [0.1, 0.15) is 32.1 Å². The molecule has 2 aliphatic rings. The summed E-state index contributed by atoms with van der Waals surface area (Å²) in [5.74, 6) is 1.39. The highest BCUT2D eigenvalue weighted by atomic mass is 33.1. The first kappa shape index (κ1) is 21.0. The molecule has 1 amide bonds. The van der Waals surface area contributed by atoms with Gasteiger partial charge in [-0.2, -0.15) is 4.31 Å². The fourth-order valence-electron chi connectivity index (χ4n) is 3.83. The zero-order valence-electron chi connectivity index (χ0n) is 16.2. The highest BCUT2D eigenvalue weighted by Crippen LogP contribution is 2.39. The van der Waals surface area contributed by atoms with E-state index >= 15 is 0 Å². The summed E-state index contributed by atoms with van der Waals surface area (Å²) in [6.45, 7) is 1.56. The third-order valence-corrected chi connectivity index (χ3v) is 10.5. The van der Waals surface area contributed by atoms with Crippen molar-refractivity contribution < 1.29 is 13.2 Å². The van der Waals surface area contributed by atoms with Gasteiger partial charge in [0.2, 0.25) is 15.9 Å². The maximum Gasteiger partial charge on any atom is 0.245 e. The number of nitrogens with zero attached hydrogens (tertiary/aromatic N) is 3. The minimum atomic E-state index is -3.60. The lowest BCUT2D eigenvalue weighted by Gasteiger charge is -2.34. The van der Waals surface area contributed by atoms with Crippen LogP contribution in [-0.2, 0) is 14.8 Å². The van der Waals surface area contributed by atoms with Gasteiger partial charge in [-0.25, -0.2) is 13.4 Å². The minimum Gasteiger partial charge on any atom is -0.345 e. The maximum absolute atomic E-state index is 13.0. The summed E-state index contributed by atoms with van der Waals surface area (Å²) in [5, 5.41) is 1.35. The Balaban J connectivity index is 1.27. The molecule has 1 N–H and O–H groups in total. The number of carbonyl (C=O) groups excluding carboxylic acids is 1. The molecule has 0 aromatic carbocycles. The number of aromatic amines is 1. The fraction of sp³-hybridized carbons (Fsp3) is 0.579. The number of aromatic nitrogens is 2. The standard InChI is InChI=1S/C19H26N4O3S3/c24-18(6-2-1-4-15-7-13-27-28-15)22-9-11-23(12-10-22)29(25,26)17-14-21-19-16(17)5-3-8-20-19/h3,5,8,14-15H,1-2,4,6-7,9-13H2,(H,20,21). The Morgan fingerprint density at radius 1 is 1.24 bits per heavy atom. The van der Waals surface area contributed by atoms with Crippen LogP contribution in [0.25, 0.3) is 11.0 Å². The second-order valence-corrected chi connectivity index (χ2v) is 12.1. The number of carbonyl (C=O) groups is 1. The molecular weight excluding hydrogens is 428 g/mol. The van der Waals surface area contributed by atoms with Crippen molar-refractivity contribution in [2.75, 3.05) is 31.9 Å². The Hall–Kier alpha value is -1.23. The van der Waals surface area contributed by atoms with E-state index in [0.717, 1.165) is 18.1 Å². The highest BCUT2D eigenvalue weighted by molar-refractivity contribution is 8.77. The van der Waals surface area contributed by atoms with Gasteiger partial charge >= 0.3 is 0 Å². The summed E-state index contributed by atoms with van der Waals surface area (Å²) in [6.07, 6.45) is 8.18. The van der Waals surface area contributed by atoms with E-state index in [1.807, 2.05) is 26.5 Å². The van der Waals surface area contributed by atoms with Gasteiger partial charge in [-0.15, -0.1) is 0 Å². The number of fused-ring (bicyclic) bond motifs is 1. The van der Waals surface area contributed by atoms with E-state index in [4.69, 9.17) is 0 Å². The number of hydrogen-bond donors (Lipinski definition) is 1. The summed E-state index contributed by atoms with van der Waals surface area (Å²) in [4.78, 5) is 21.6. The molecular formula is C19H26N4O3S3. The smallest absolute Gasteiger partial charge is 0.245 e. The number of H-pyrrole nitrogens is 1. The number of amides is 1. The van der Waals surface area contributed by atoms with Crippen LogP contribution in [0, 0.1) is 0 Å². The second kappa shape index (κ2) is 9.28. The van der Waals surface area contributed by atoms with Gasteiger partial charge < -0.3 is 9.88 Å². The Morgan fingerprint density at radius 2 is 2.07 bits per heavy atom. The molecule has 4 heterocycles. The van der Waals surface area contributed by atoms with Gasteiger partial charge in [-0.1, -0.05) is 28.0 Å². The molecule has 0 saturated carbocycles. The minimum absolute atomic E-state index is 0.145. The first-order valence-corrected chi connectivity index (χ1v) is 13.9. The molecule has 7 nitrogen and oxygen atoms in total. The molecule has 158 valence electrons. The van der Waals surface area contributed by atoms with E-state index in [2.05, 4.69) is 9.97 Å². The van der Waals surface area contributed by atoms with Gasteiger partial charge in [0.05, 0.1) is 0 Å². The number of unbranched alkanes of at least 4 members (excludes halogenated alkanes) is 1. The quantitative estimate of drug-likeness (QED) is 0.511. The van der Waals surface area contributed by atoms with Gasteiger partial charge in [0.15, 0.2) is 0 Å². The van der Waals surface area contributed by atoms with E-state index in [0.29, 0.717) is 43.6 Å². The van der Waals surface area contributed by atoms with Crippen molar-refractivity contribution >= 4 is 48.6 Å². The second-order valence-electron chi connectivity index (χ2n) is 7.41. The molecule has 29 heavy (non-hydrogen) atoms. The summed E-state index contributed by atoms with van der Waals surface area (Å²) < 4.78 is 27.6. The molecule has 2 saturated heterocycles. The Kier molecular flexibility index (Phi) is 6.73. The van der Waals surface area contributed by atoms with Crippen molar-refractivity contribution in [3.63, 3.8) is 0 Å². The monoisotopic (exact) mass is 454 g/mol. The average molecular weight is 455 g/mol. The van der Waals surface area contributed by atoms with Crippen molar-refractivity contribution in [1.82, 2.24) is 19.2 Å². The zero-order valence-corrected chi connectivity index (χ0v) is 18.7. The SMILES string of the molecule is O=C(CCCCC1CCSS1)N1CCN(S(=O)(=O)c2c[nH]c3ncccc23)CC1. The van der Waals surface area contributed by atoms with Crippen LogP contribution in [-0.4, -0.2) is 70.7 Å². The Labute approximate surface area is 179 Å². The molecule has 1 unspecified atom stereocenters. The first-order chi connectivity index (χ1) is 14.1. The summed E-state index contributed by atoms with van der Waals surface area (Å²) in [7, 11) is 0.332. The molecule has 0 aliphatic carbocycles. The van der Waals surface area contributed by atoms with Gasteiger partial charge in [0.1, 0.15) is 10.5 Å². The third kappa shape index (κ3) is 4.76. The van der Waals surface area contributed by atoms with Gasteiger partial charge in [0.25, 0.3) is 0 Å². The lowest BCUT2D eigenvalue weighted by Crippen LogP contribution is -2.50. The number of pyridine rings is 1. The van der Waals surface area contributed by atoms with Crippen LogP contribution in [0.2, 0.25) is 0 Å². The number of hydrogen-bond acceptors (Lipinski definition) is 6. The zero-order chi connectivity index (χ0) is 20.3. The van der Waals surface area contributed by atoms with Gasteiger partial charge in [-0.05, 0) is 31.4 Å². The molecule has 1 atom stereocenters. The normalized spacial score (nSPS) is 21.1. The van der Waals surface area contributed by atoms with E-state index in [9.17, 15) is 13.2 Å². The van der Waals surface area contributed by atoms with Crippen molar-refractivity contribution in [2.24, 2.45) is 0 Å². The summed E-state index contributed by atoms with van der Waals surface area (Å²) in [5.41, 5.74) is 0.564. The van der Waals surface area contributed by atoms with Crippen molar-refractivity contribution in [1.29, 1.82) is 0 Å². The molecule has 2 aliphatic heterocycles. The topological polar surface area (TPSA) is 86.4 Å². The van der Waals surface area contributed by atoms with Gasteiger partial charge in [0, 0.05) is 61.4 Å². The predicted octanol–water partition coefficient (Wildman–Crippen LogP) is 3.11. The Morgan fingerprint density at radius 3 is 2.83 bits per heavy atom. The largest absolute Gasteiger partial charge is 0.345 e. The first-order valence-electron chi connectivity index (χ1n) is 10.0. The van der Waals surface area contributed by atoms with Gasteiger partial charge in [-0.3, -0.25) is 4.79 Å². The van der Waals surface area contributed by atoms with E-state index in [-0.39, 0.29) is 10.8 Å². The van der Waals surface area contributed by atoms with Crippen LogP contribution < -0.4 is 0 Å². The number of nitrogens with one attached hydrogen (secondary N) is 1. The van der Waals surface area contributed by atoms with Crippen LogP contribution in [0.4, 0.5) is 0 Å². The number of piperazine rings is 1. The molecule has 2 aromatic rings. The third-order valence-electron chi connectivity index (χ3n) is 5.52. The summed E-state index contributed by atoms with van der Waals surface area (Å²) >= 11 is 0. The highest BCUT2D eigenvalue weighted by Gasteiger charge is 2.31. The molecule has 0 spiro atoms. The average Bonchev–Trinajstić information content (AvgIpc) is 3.41. The lowest BCUT2D eigenvalue weighted by atomic mass is 10.1.